The minimum Gasteiger partial charge on any atom is -0.303 e. The molecular weight excluding hydrogens is 327 g/mol. The molecule has 1 aliphatic carbocycles. The molecular formula is C19H28F3N3. The molecule has 2 aliphatic rings. The third-order valence-corrected chi connectivity index (χ3v) is 5.58. The van der Waals surface area contributed by atoms with E-state index in [4.69, 9.17) is 0 Å². The maximum Gasteiger partial charge on any atom is 0.389 e. The van der Waals surface area contributed by atoms with Gasteiger partial charge in [-0.25, -0.2) is 9.97 Å². The fourth-order valence-electron chi connectivity index (χ4n) is 4.00. The Morgan fingerprint density at radius 2 is 1.84 bits per heavy atom. The van der Waals surface area contributed by atoms with Gasteiger partial charge < -0.3 is 4.90 Å². The van der Waals surface area contributed by atoms with E-state index < -0.39 is 12.6 Å². The minimum atomic E-state index is -4.15. The van der Waals surface area contributed by atoms with Crippen LogP contribution in [0.15, 0.2) is 6.20 Å². The van der Waals surface area contributed by atoms with Crippen molar-refractivity contribution >= 4 is 0 Å². The maximum atomic E-state index is 12.4. The lowest BCUT2D eigenvalue weighted by Gasteiger charge is -2.25. The number of halogens is 3. The molecule has 140 valence electrons. The SMILES string of the molecule is FC(F)(F)CCc1ncc2c(n1)CCN(CCC1CCCCC1)CC2. The first-order valence-electron chi connectivity index (χ1n) is 9.62. The monoisotopic (exact) mass is 355 g/mol. The quantitative estimate of drug-likeness (QED) is 0.787. The first-order chi connectivity index (χ1) is 12.0. The summed E-state index contributed by atoms with van der Waals surface area (Å²) in [4.78, 5) is 11.1. The van der Waals surface area contributed by atoms with E-state index in [9.17, 15) is 13.2 Å². The van der Waals surface area contributed by atoms with Gasteiger partial charge in [-0.3, -0.25) is 0 Å². The van der Waals surface area contributed by atoms with Gasteiger partial charge in [-0.15, -0.1) is 0 Å². The first-order valence-corrected chi connectivity index (χ1v) is 9.62. The van der Waals surface area contributed by atoms with Gasteiger partial charge in [0.05, 0.1) is 6.42 Å². The van der Waals surface area contributed by atoms with Gasteiger partial charge in [-0.05, 0) is 30.9 Å². The summed E-state index contributed by atoms with van der Waals surface area (Å²) in [5.74, 6) is 1.21. The molecule has 1 aromatic heterocycles. The fraction of sp³-hybridized carbons (Fsp3) is 0.789. The topological polar surface area (TPSA) is 29.0 Å². The molecule has 6 heteroatoms. The molecule has 25 heavy (non-hydrogen) atoms. The zero-order chi connectivity index (χ0) is 17.7. The molecule has 2 heterocycles. The highest BCUT2D eigenvalue weighted by atomic mass is 19.4. The Hall–Kier alpha value is -1.17. The van der Waals surface area contributed by atoms with Crippen LogP contribution in [0, 0.1) is 5.92 Å². The van der Waals surface area contributed by atoms with E-state index in [0.29, 0.717) is 5.82 Å². The summed E-state index contributed by atoms with van der Waals surface area (Å²) >= 11 is 0. The smallest absolute Gasteiger partial charge is 0.303 e. The lowest BCUT2D eigenvalue weighted by molar-refractivity contribution is -0.134. The fourth-order valence-corrected chi connectivity index (χ4v) is 4.00. The van der Waals surface area contributed by atoms with E-state index in [0.717, 1.165) is 49.7 Å². The van der Waals surface area contributed by atoms with Crippen molar-refractivity contribution in [2.45, 2.75) is 70.4 Å². The van der Waals surface area contributed by atoms with Gasteiger partial charge in [0.2, 0.25) is 0 Å². The van der Waals surface area contributed by atoms with Crippen LogP contribution in [0.2, 0.25) is 0 Å². The van der Waals surface area contributed by atoms with Crippen molar-refractivity contribution in [1.82, 2.24) is 14.9 Å². The zero-order valence-corrected chi connectivity index (χ0v) is 14.8. The largest absolute Gasteiger partial charge is 0.389 e. The number of rotatable bonds is 5. The number of fused-ring (bicyclic) bond motifs is 1. The van der Waals surface area contributed by atoms with Crippen LogP contribution in [0.25, 0.3) is 0 Å². The second-order valence-corrected chi connectivity index (χ2v) is 7.51. The predicted molar refractivity (Wildman–Crippen MR) is 91.4 cm³/mol. The highest BCUT2D eigenvalue weighted by molar-refractivity contribution is 5.20. The number of hydrogen-bond donors (Lipinski definition) is 0. The Labute approximate surface area is 148 Å². The molecule has 0 N–H and O–H groups in total. The molecule has 1 aromatic rings. The molecule has 1 aliphatic heterocycles. The highest BCUT2D eigenvalue weighted by Crippen LogP contribution is 2.27. The van der Waals surface area contributed by atoms with Gasteiger partial charge in [0, 0.05) is 37.8 Å². The second-order valence-electron chi connectivity index (χ2n) is 7.51. The number of aryl methyl sites for hydroxylation is 1. The van der Waals surface area contributed by atoms with Gasteiger partial charge in [0.15, 0.2) is 0 Å². The Bertz CT molecular complexity index is 553. The molecule has 0 amide bonds. The number of aromatic nitrogens is 2. The van der Waals surface area contributed by atoms with E-state index in [-0.39, 0.29) is 6.42 Å². The van der Waals surface area contributed by atoms with Gasteiger partial charge in [-0.1, -0.05) is 32.1 Å². The number of hydrogen-bond acceptors (Lipinski definition) is 3. The van der Waals surface area contributed by atoms with Crippen LogP contribution in [0.3, 0.4) is 0 Å². The van der Waals surface area contributed by atoms with Gasteiger partial charge in [-0.2, -0.15) is 13.2 Å². The highest BCUT2D eigenvalue weighted by Gasteiger charge is 2.27. The summed E-state index contributed by atoms with van der Waals surface area (Å²) in [7, 11) is 0. The molecule has 0 spiro atoms. The third kappa shape index (κ3) is 5.94. The molecule has 0 bridgehead atoms. The number of alkyl halides is 3. The lowest BCUT2D eigenvalue weighted by atomic mass is 9.87. The van der Waals surface area contributed by atoms with Crippen molar-refractivity contribution in [2.24, 2.45) is 5.92 Å². The van der Waals surface area contributed by atoms with Crippen LogP contribution in [0.1, 0.15) is 62.0 Å². The molecule has 0 radical (unpaired) electrons. The standard InChI is InChI=1S/C19H28F3N3/c20-19(21,22)10-6-18-23-14-16-8-12-25(13-9-17(16)24-18)11-7-15-4-2-1-3-5-15/h14-15H,1-13H2. The van der Waals surface area contributed by atoms with Crippen molar-refractivity contribution in [1.29, 1.82) is 0 Å². The second kappa shape index (κ2) is 8.47. The van der Waals surface area contributed by atoms with Gasteiger partial charge >= 0.3 is 6.18 Å². The Morgan fingerprint density at radius 1 is 1.08 bits per heavy atom. The maximum absolute atomic E-state index is 12.4. The van der Waals surface area contributed by atoms with Crippen LogP contribution in [-0.2, 0) is 19.3 Å². The van der Waals surface area contributed by atoms with E-state index in [1.807, 2.05) is 0 Å². The van der Waals surface area contributed by atoms with Crippen LogP contribution >= 0.6 is 0 Å². The minimum absolute atomic E-state index is 0.123. The summed E-state index contributed by atoms with van der Waals surface area (Å²) in [5, 5.41) is 0. The van der Waals surface area contributed by atoms with E-state index >= 15 is 0 Å². The zero-order valence-electron chi connectivity index (χ0n) is 14.8. The van der Waals surface area contributed by atoms with E-state index in [1.165, 1.54) is 38.5 Å². The molecule has 1 saturated carbocycles. The molecule has 0 unspecified atom stereocenters. The third-order valence-electron chi connectivity index (χ3n) is 5.58. The molecule has 0 atom stereocenters. The summed E-state index contributed by atoms with van der Waals surface area (Å²) in [5.41, 5.74) is 2.06. The molecule has 1 fully saturated rings. The van der Waals surface area contributed by atoms with Crippen LogP contribution in [0.5, 0.6) is 0 Å². The van der Waals surface area contributed by atoms with E-state index in [1.54, 1.807) is 6.20 Å². The normalized spacial score (nSPS) is 20.3. The molecule has 3 rings (SSSR count). The van der Waals surface area contributed by atoms with Crippen LogP contribution < -0.4 is 0 Å². The average molecular weight is 355 g/mol. The Morgan fingerprint density at radius 3 is 2.60 bits per heavy atom. The van der Waals surface area contributed by atoms with Crippen molar-refractivity contribution < 1.29 is 13.2 Å². The summed E-state index contributed by atoms with van der Waals surface area (Å²) in [6.07, 6.45) is 6.54. The van der Waals surface area contributed by atoms with Crippen LogP contribution in [0.4, 0.5) is 13.2 Å². The van der Waals surface area contributed by atoms with Crippen molar-refractivity contribution in [3.8, 4) is 0 Å². The van der Waals surface area contributed by atoms with Gasteiger partial charge in [0.25, 0.3) is 0 Å². The Balaban J connectivity index is 1.50. The van der Waals surface area contributed by atoms with Crippen LogP contribution in [-0.4, -0.2) is 40.7 Å². The summed E-state index contributed by atoms with van der Waals surface area (Å²) in [6.45, 7) is 3.09. The van der Waals surface area contributed by atoms with Crippen molar-refractivity contribution in [2.75, 3.05) is 19.6 Å². The predicted octanol–water partition coefficient (Wildman–Crippen LogP) is 4.34. The first kappa shape index (κ1) is 18.6. The molecule has 0 saturated heterocycles. The summed E-state index contributed by atoms with van der Waals surface area (Å²) in [6, 6.07) is 0. The average Bonchev–Trinajstić information content (AvgIpc) is 2.80. The van der Waals surface area contributed by atoms with Crippen molar-refractivity contribution in [3.05, 3.63) is 23.3 Å². The van der Waals surface area contributed by atoms with Crippen molar-refractivity contribution in [3.63, 3.8) is 0 Å². The molecule has 3 nitrogen and oxygen atoms in total. The Kier molecular flexibility index (Phi) is 6.31. The lowest BCUT2D eigenvalue weighted by Crippen LogP contribution is -2.29. The van der Waals surface area contributed by atoms with E-state index in [2.05, 4.69) is 14.9 Å². The molecule has 0 aromatic carbocycles. The summed E-state index contributed by atoms with van der Waals surface area (Å²) < 4.78 is 37.1. The number of nitrogens with zero attached hydrogens (tertiary/aromatic N) is 3. The van der Waals surface area contributed by atoms with Gasteiger partial charge in [0.1, 0.15) is 5.82 Å².